The average molecular weight is 477 g/mol. The molecule has 0 spiro atoms. The number of anilines is 3. The fourth-order valence-corrected chi connectivity index (χ4v) is 2.60. The number of urea groups is 1. The molecule has 5 N–H and O–H groups in total. The second-order valence-corrected chi connectivity index (χ2v) is 7.20. The van der Waals surface area contributed by atoms with Crippen LogP contribution in [0.3, 0.4) is 0 Å². The second kappa shape index (κ2) is 15.6. The molecule has 0 unspecified atom stereocenters. The van der Waals surface area contributed by atoms with Crippen molar-refractivity contribution < 1.29 is 14.3 Å². The van der Waals surface area contributed by atoms with Crippen LogP contribution in [0.15, 0.2) is 36.9 Å². The molecule has 2 amide bonds. The van der Waals surface area contributed by atoms with Gasteiger partial charge < -0.3 is 31.2 Å². The minimum atomic E-state index is -0.301. The lowest BCUT2D eigenvalue weighted by Gasteiger charge is -2.11. The van der Waals surface area contributed by atoms with Crippen LogP contribution in [0.2, 0.25) is 5.02 Å². The molecule has 2 aromatic rings. The molecule has 0 fully saturated rings. The fraction of sp³-hybridized carbons (Fsp3) is 0.348. The normalized spacial score (nSPS) is 10.6. The molecule has 180 valence electrons. The SMILES string of the molecule is C=C(/C=c1/ncnc(Nc2ccc(NC(=O)NCCC)c(Cl)c2)c1=C)OCCCN.COC. The van der Waals surface area contributed by atoms with Gasteiger partial charge >= 0.3 is 6.03 Å². The van der Waals surface area contributed by atoms with Crippen LogP contribution >= 0.6 is 11.6 Å². The van der Waals surface area contributed by atoms with E-state index >= 15 is 0 Å². The smallest absolute Gasteiger partial charge is 0.319 e. The van der Waals surface area contributed by atoms with E-state index in [-0.39, 0.29) is 6.03 Å². The fourth-order valence-electron chi connectivity index (χ4n) is 2.37. The standard InChI is InChI=1S/C21H27ClN6O2.C2H6O/c1-4-9-24-21(29)28-18-7-6-16(12-17(18)22)27-20-15(3)19(25-13-26-20)11-14(2)30-10-5-8-23;1-3-2/h6-7,11-13H,2-5,8-10,23H2,1H3,(H2,24,28,29)(H,25,26,27);1-2H3/b19-11+;. The Hall–Kier alpha value is -3.14. The highest BCUT2D eigenvalue weighted by atomic mass is 35.5. The molecule has 0 bridgehead atoms. The zero-order valence-corrected chi connectivity index (χ0v) is 20.2. The van der Waals surface area contributed by atoms with Crippen molar-refractivity contribution in [1.82, 2.24) is 15.3 Å². The Kier molecular flexibility index (Phi) is 13.2. The molecule has 0 radical (unpaired) electrons. The van der Waals surface area contributed by atoms with Gasteiger partial charge in [-0.25, -0.2) is 14.8 Å². The Bertz CT molecular complexity index is 1020. The number of hydrogen-bond donors (Lipinski definition) is 4. The van der Waals surface area contributed by atoms with Gasteiger partial charge in [0.05, 0.1) is 22.7 Å². The van der Waals surface area contributed by atoms with Crippen LogP contribution < -0.4 is 32.3 Å². The Morgan fingerprint density at radius 2 is 2.03 bits per heavy atom. The maximum Gasteiger partial charge on any atom is 0.319 e. The largest absolute Gasteiger partial charge is 0.494 e. The van der Waals surface area contributed by atoms with Gasteiger partial charge in [0.2, 0.25) is 0 Å². The number of amides is 2. The summed E-state index contributed by atoms with van der Waals surface area (Å²) < 4.78 is 9.74. The Morgan fingerprint density at radius 3 is 2.67 bits per heavy atom. The van der Waals surface area contributed by atoms with Gasteiger partial charge in [0, 0.05) is 37.7 Å². The van der Waals surface area contributed by atoms with Crippen LogP contribution in [0.25, 0.3) is 12.7 Å². The first-order valence-electron chi connectivity index (χ1n) is 10.4. The van der Waals surface area contributed by atoms with E-state index in [4.69, 9.17) is 22.1 Å². The number of nitrogens with one attached hydrogen (secondary N) is 3. The van der Waals surface area contributed by atoms with Crippen molar-refractivity contribution in [3.8, 4) is 0 Å². The van der Waals surface area contributed by atoms with Crippen molar-refractivity contribution in [3.05, 3.63) is 52.5 Å². The topological polar surface area (TPSA) is 123 Å². The lowest BCUT2D eigenvalue weighted by Crippen LogP contribution is -2.30. The summed E-state index contributed by atoms with van der Waals surface area (Å²) in [5.41, 5.74) is 6.65. The molecule has 0 aliphatic rings. The van der Waals surface area contributed by atoms with E-state index in [0.717, 1.165) is 12.8 Å². The number of carbonyl (C=O) groups is 1. The number of benzene rings is 1. The molecule has 1 aromatic carbocycles. The van der Waals surface area contributed by atoms with Gasteiger partial charge in [-0.3, -0.25) is 0 Å². The van der Waals surface area contributed by atoms with E-state index in [9.17, 15) is 4.79 Å². The summed E-state index contributed by atoms with van der Waals surface area (Å²) in [7, 11) is 3.25. The number of hydrogen-bond acceptors (Lipinski definition) is 7. The summed E-state index contributed by atoms with van der Waals surface area (Å²) in [4.78, 5) is 20.3. The predicted octanol–water partition coefficient (Wildman–Crippen LogP) is 2.74. The highest BCUT2D eigenvalue weighted by Crippen LogP contribution is 2.26. The maximum absolute atomic E-state index is 11.8. The molecular formula is C23H33ClN6O3. The first-order chi connectivity index (χ1) is 15.9. The van der Waals surface area contributed by atoms with Gasteiger partial charge in [0.1, 0.15) is 17.9 Å². The first-order valence-corrected chi connectivity index (χ1v) is 10.8. The van der Waals surface area contributed by atoms with Crippen LogP contribution in [0.4, 0.5) is 22.0 Å². The molecule has 0 saturated carbocycles. The molecule has 0 saturated heterocycles. The Labute approximate surface area is 199 Å². The number of rotatable bonds is 10. The van der Waals surface area contributed by atoms with E-state index in [1.807, 2.05) is 6.92 Å². The Balaban J connectivity index is 0.00000172. The number of allylic oxidation sites excluding steroid dienone is 1. The maximum atomic E-state index is 11.8. The molecule has 10 heteroatoms. The van der Waals surface area contributed by atoms with Crippen molar-refractivity contribution in [3.63, 3.8) is 0 Å². The summed E-state index contributed by atoms with van der Waals surface area (Å²) in [6.07, 6.45) is 4.71. The molecule has 0 aliphatic carbocycles. The molecule has 1 aromatic heterocycles. The van der Waals surface area contributed by atoms with Crippen LogP contribution in [0.5, 0.6) is 0 Å². The monoisotopic (exact) mass is 476 g/mol. The average Bonchev–Trinajstić information content (AvgIpc) is 2.77. The molecule has 1 heterocycles. The highest BCUT2D eigenvalue weighted by molar-refractivity contribution is 6.34. The van der Waals surface area contributed by atoms with E-state index in [1.54, 1.807) is 38.5 Å². The summed E-state index contributed by atoms with van der Waals surface area (Å²) in [6.45, 7) is 11.5. The number of carbonyl (C=O) groups excluding carboxylic acids is 1. The van der Waals surface area contributed by atoms with Gasteiger partial charge in [-0.1, -0.05) is 31.7 Å². The van der Waals surface area contributed by atoms with Crippen LogP contribution in [0, 0.1) is 0 Å². The van der Waals surface area contributed by atoms with Crippen LogP contribution in [-0.4, -0.2) is 49.9 Å². The number of nitrogens with zero attached hydrogens (tertiary/aromatic N) is 2. The lowest BCUT2D eigenvalue weighted by atomic mass is 10.2. The van der Waals surface area contributed by atoms with E-state index in [0.29, 0.717) is 58.2 Å². The molecule has 33 heavy (non-hydrogen) atoms. The zero-order chi connectivity index (χ0) is 24.6. The molecule has 0 atom stereocenters. The van der Waals surface area contributed by atoms with Gasteiger partial charge in [-0.05, 0) is 37.6 Å². The van der Waals surface area contributed by atoms with E-state index in [2.05, 4.69) is 43.8 Å². The van der Waals surface area contributed by atoms with Crippen molar-refractivity contribution in [2.75, 3.05) is 44.5 Å². The number of aromatic nitrogens is 2. The molecule has 9 nitrogen and oxygen atoms in total. The predicted molar refractivity (Wildman–Crippen MR) is 135 cm³/mol. The quantitative estimate of drug-likeness (QED) is 0.307. The number of nitrogens with two attached hydrogens (primary N) is 1. The second-order valence-electron chi connectivity index (χ2n) is 6.80. The third-order valence-electron chi connectivity index (χ3n) is 3.93. The summed E-state index contributed by atoms with van der Waals surface area (Å²) in [5, 5.41) is 10.2. The third-order valence-corrected chi connectivity index (χ3v) is 4.24. The molecular weight excluding hydrogens is 444 g/mol. The Morgan fingerprint density at radius 1 is 1.30 bits per heavy atom. The number of halogens is 1. The van der Waals surface area contributed by atoms with E-state index < -0.39 is 0 Å². The van der Waals surface area contributed by atoms with Gasteiger partial charge in [0.15, 0.2) is 0 Å². The lowest BCUT2D eigenvalue weighted by molar-refractivity contribution is 0.229. The van der Waals surface area contributed by atoms with Crippen molar-refractivity contribution in [1.29, 1.82) is 0 Å². The summed E-state index contributed by atoms with van der Waals surface area (Å²) in [5.74, 6) is 0.987. The minimum Gasteiger partial charge on any atom is -0.494 e. The first kappa shape index (κ1) is 27.9. The van der Waals surface area contributed by atoms with Gasteiger partial charge in [-0.2, -0.15) is 0 Å². The molecule has 0 aliphatic heterocycles. The zero-order valence-electron chi connectivity index (χ0n) is 19.4. The van der Waals surface area contributed by atoms with Crippen molar-refractivity contribution >= 4 is 47.5 Å². The third kappa shape index (κ3) is 10.3. The van der Waals surface area contributed by atoms with Crippen molar-refractivity contribution in [2.45, 2.75) is 19.8 Å². The van der Waals surface area contributed by atoms with Gasteiger partial charge in [-0.15, -0.1) is 0 Å². The minimum absolute atomic E-state index is 0.301. The summed E-state index contributed by atoms with van der Waals surface area (Å²) in [6, 6.07) is 4.88. The molecule has 2 rings (SSSR count). The van der Waals surface area contributed by atoms with E-state index in [1.165, 1.54) is 6.33 Å². The van der Waals surface area contributed by atoms with Gasteiger partial charge in [0.25, 0.3) is 0 Å². The van der Waals surface area contributed by atoms with Crippen LogP contribution in [0.1, 0.15) is 19.8 Å². The number of ether oxygens (including phenoxy) is 2. The van der Waals surface area contributed by atoms with Crippen LogP contribution in [-0.2, 0) is 9.47 Å². The van der Waals surface area contributed by atoms with Crippen molar-refractivity contribution in [2.24, 2.45) is 5.73 Å². The summed E-state index contributed by atoms with van der Waals surface area (Å²) >= 11 is 6.30. The number of methoxy groups -OCH3 is 1. The highest BCUT2D eigenvalue weighted by Gasteiger charge is 2.07.